The zero-order chi connectivity index (χ0) is 35.8. The van der Waals surface area contributed by atoms with Gasteiger partial charge in [0.1, 0.15) is 18.3 Å². The van der Waals surface area contributed by atoms with E-state index in [0.717, 1.165) is 0 Å². The third kappa shape index (κ3) is 8.43. The van der Waals surface area contributed by atoms with Crippen molar-refractivity contribution in [1.29, 1.82) is 0 Å². The van der Waals surface area contributed by atoms with E-state index in [1.807, 2.05) is 39.8 Å². The molecule has 1 spiro atoms. The second-order valence-corrected chi connectivity index (χ2v) is 15.3. The number of ketones is 1. The lowest BCUT2D eigenvalue weighted by Crippen LogP contribution is -2.57. The smallest absolute Gasteiger partial charge is 0.311 e. The third-order valence-electron chi connectivity index (χ3n) is 11.4. The zero-order valence-electron chi connectivity index (χ0n) is 30.6. The van der Waals surface area contributed by atoms with Gasteiger partial charge in [-0.1, -0.05) is 27.7 Å². The van der Waals surface area contributed by atoms with Crippen LogP contribution in [0.3, 0.4) is 0 Å². The van der Waals surface area contributed by atoms with Gasteiger partial charge in [0.05, 0.1) is 49.1 Å². The average molecular weight is 688 g/mol. The molecule has 0 aromatic heterocycles. The van der Waals surface area contributed by atoms with Crippen molar-refractivity contribution in [2.45, 2.75) is 154 Å². The van der Waals surface area contributed by atoms with Crippen LogP contribution in [0.15, 0.2) is 0 Å². The van der Waals surface area contributed by atoms with Gasteiger partial charge in [0, 0.05) is 37.3 Å². The summed E-state index contributed by atoms with van der Waals surface area (Å²) in [6.07, 6.45) is -7.15. The third-order valence-corrected chi connectivity index (χ3v) is 11.4. The molecule has 0 unspecified atom stereocenters. The summed E-state index contributed by atoms with van der Waals surface area (Å²) < 4.78 is 43.0. The van der Waals surface area contributed by atoms with Gasteiger partial charge in [-0.3, -0.25) is 9.59 Å². The molecule has 0 aromatic carbocycles. The van der Waals surface area contributed by atoms with Crippen molar-refractivity contribution in [3.05, 3.63) is 0 Å². The molecule has 4 rings (SSSR count). The van der Waals surface area contributed by atoms with Gasteiger partial charge in [0.2, 0.25) is 0 Å². The van der Waals surface area contributed by atoms with Crippen LogP contribution in [-0.2, 0) is 42.7 Å². The first-order chi connectivity index (χ1) is 22.4. The molecule has 4 heterocycles. The number of nitrogens with zero attached hydrogens (tertiary/aromatic N) is 1. The van der Waals surface area contributed by atoms with Crippen LogP contribution in [0.25, 0.3) is 0 Å². The monoisotopic (exact) mass is 687 g/mol. The maximum atomic E-state index is 13.9. The molecule has 0 saturated carbocycles. The first-order valence-electron chi connectivity index (χ1n) is 17.7. The van der Waals surface area contributed by atoms with Crippen LogP contribution < -0.4 is 0 Å². The summed E-state index contributed by atoms with van der Waals surface area (Å²) in [5.74, 6) is -3.74. The predicted octanol–water partition coefficient (Wildman–Crippen LogP) is 1.91. The Morgan fingerprint density at radius 1 is 0.792 bits per heavy atom. The second-order valence-electron chi connectivity index (χ2n) is 15.3. The van der Waals surface area contributed by atoms with Crippen molar-refractivity contribution in [1.82, 2.24) is 4.90 Å². The highest BCUT2D eigenvalue weighted by Gasteiger charge is 2.57. The number of cyclic esters (lactones) is 1. The Kier molecular flexibility index (Phi) is 13.1. The fraction of sp³-hybridized carbons (Fsp3) is 0.943. The lowest BCUT2D eigenvalue weighted by molar-refractivity contribution is -0.299. The van der Waals surface area contributed by atoms with E-state index < -0.39 is 96.7 Å². The number of hydrogen-bond acceptors (Lipinski definition) is 13. The molecule has 13 nitrogen and oxygen atoms in total. The standard InChI is InChI=1S/C35H61NO12/c1-16-14-35(15-43-35)32(40)19(4)27(37)18(3)22(7)46-33(41)21(6)31(47-26-13-25(42-11)28(38)23(8)45-26)20(5)30(16)48-34-29(39)24(36(9)10)12-17(2)44-34/h16-31,34,37-39H,12-15H2,1-11H3/t16-,17+,18-,19-,20-,21-,22+,23-,24-,25+,26-,27-,28+,29-,30-,31-,34-,35+/m0/s1. The normalized spacial score (nSPS) is 49.9. The molecule has 278 valence electrons. The zero-order valence-corrected chi connectivity index (χ0v) is 30.6. The highest BCUT2D eigenvalue weighted by atomic mass is 16.7. The van der Waals surface area contributed by atoms with E-state index >= 15 is 0 Å². The minimum atomic E-state index is -1.10. The van der Waals surface area contributed by atoms with E-state index in [2.05, 4.69) is 0 Å². The summed E-state index contributed by atoms with van der Waals surface area (Å²) in [7, 11) is 5.32. The molecule has 0 bridgehead atoms. The van der Waals surface area contributed by atoms with E-state index in [1.54, 1.807) is 34.6 Å². The van der Waals surface area contributed by atoms with E-state index in [4.69, 9.17) is 33.2 Å². The molecule has 48 heavy (non-hydrogen) atoms. The molecule has 18 atom stereocenters. The number of rotatable bonds is 6. The van der Waals surface area contributed by atoms with Gasteiger partial charge >= 0.3 is 5.97 Å². The van der Waals surface area contributed by atoms with Gasteiger partial charge in [-0.05, 0) is 60.5 Å². The number of epoxide rings is 1. The first-order valence-corrected chi connectivity index (χ1v) is 17.7. The van der Waals surface area contributed by atoms with Crippen molar-refractivity contribution in [3.63, 3.8) is 0 Å². The maximum Gasteiger partial charge on any atom is 0.311 e. The number of ether oxygens (including phenoxy) is 7. The van der Waals surface area contributed by atoms with Crippen molar-refractivity contribution in [2.24, 2.45) is 29.6 Å². The number of aliphatic hydroxyl groups excluding tert-OH is 3. The summed E-state index contributed by atoms with van der Waals surface area (Å²) >= 11 is 0. The highest BCUT2D eigenvalue weighted by molar-refractivity contribution is 5.92. The van der Waals surface area contributed by atoms with Crippen LogP contribution in [0.5, 0.6) is 0 Å². The van der Waals surface area contributed by atoms with Crippen molar-refractivity contribution >= 4 is 11.8 Å². The van der Waals surface area contributed by atoms with Gasteiger partial charge in [0.15, 0.2) is 24.0 Å². The fourth-order valence-corrected chi connectivity index (χ4v) is 7.89. The minimum Gasteiger partial charge on any atom is -0.462 e. The Morgan fingerprint density at radius 2 is 1.44 bits per heavy atom. The van der Waals surface area contributed by atoms with E-state index in [9.17, 15) is 24.9 Å². The van der Waals surface area contributed by atoms with Crippen molar-refractivity contribution < 1.29 is 58.1 Å². The largest absolute Gasteiger partial charge is 0.462 e. The van der Waals surface area contributed by atoms with Gasteiger partial charge in [0.25, 0.3) is 0 Å². The van der Waals surface area contributed by atoms with E-state index in [-0.39, 0.29) is 43.3 Å². The number of carbonyl (C=O) groups is 2. The molecular formula is C35H61NO12. The average Bonchev–Trinajstić information content (AvgIpc) is 3.82. The first kappa shape index (κ1) is 39.5. The SMILES string of the molecule is CO[C@@H]1C[C@H](O[C@H]2[C@@H](C)[C@@H](O[C@@H]3O[C@H](C)C[C@H](N(C)C)[C@@H]3O)[C@@H](C)C[C@@]3(CO3)C(=O)[C@@H](C)[C@@H](O)[C@@H](C)[C@@H](C)OC(=O)[C@H]2C)O[C@@H](C)[C@H]1O. The molecule has 3 N–H and O–H groups in total. The topological polar surface area (TPSA) is 166 Å². The molecule has 0 radical (unpaired) electrons. The van der Waals surface area contributed by atoms with Gasteiger partial charge < -0.3 is 53.4 Å². The van der Waals surface area contributed by atoms with Gasteiger partial charge in [-0.15, -0.1) is 0 Å². The number of Topliss-reactive ketones (excluding diaryl/α,β-unsaturated/α-hetero) is 1. The molecule has 0 aromatic rings. The highest BCUT2D eigenvalue weighted by Crippen LogP contribution is 2.43. The van der Waals surface area contributed by atoms with Crippen LogP contribution in [0.2, 0.25) is 0 Å². The summed E-state index contributed by atoms with van der Waals surface area (Å²) in [6, 6.07) is -0.219. The summed E-state index contributed by atoms with van der Waals surface area (Å²) in [6.45, 7) is 14.6. The molecule has 4 fully saturated rings. The number of esters is 1. The van der Waals surface area contributed by atoms with Crippen molar-refractivity contribution in [3.8, 4) is 0 Å². The lowest BCUT2D eigenvalue weighted by Gasteiger charge is -2.46. The Balaban J connectivity index is 1.75. The molecular weight excluding hydrogens is 626 g/mol. The molecule has 4 saturated heterocycles. The number of methoxy groups -OCH3 is 1. The number of aliphatic hydroxyl groups is 3. The van der Waals surface area contributed by atoms with Crippen LogP contribution in [0.1, 0.15) is 74.7 Å². The van der Waals surface area contributed by atoms with E-state index in [0.29, 0.717) is 6.42 Å². The van der Waals surface area contributed by atoms with Crippen molar-refractivity contribution in [2.75, 3.05) is 27.8 Å². The van der Waals surface area contributed by atoms with Gasteiger partial charge in [-0.25, -0.2) is 0 Å². The number of hydrogen-bond donors (Lipinski definition) is 3. The number of carbonyl (C=O) groups excluding carboxylic acids is 2. The quantitative estimate of drug-likeness (QED) is 0.274. The fourth-order valence-electron chi connectivity index (χ4n) is 7.89. The Morgan fingerprint density at radius 3 is 2.02 bits per heavy atom. The van der Waals surface area contributed by atoms with Crippen LogP contribution in [-0.4, -0.2) is 139 Å². The van der Waals surface area contributed by atoms with Crippen LogP contribution in [0.4, 0.5) is 0 Å². The summed E-state index contributed by atoms with van der Waals surface area (Å²) in [5.41, 5.74) is -1.10. The molecule has 4 aliphatic rings. The maximum absolute atomic E-state index is 13.9. The van der Waals surface area contributed by atoms with Crippen LogP contribution in [0, 0.1) is 29.6 Å². The number of likely N-dealkylation sites (N-methyl/N-ethyl adjacent to an activating group) is 1. The van der Waals surface area contributed by atoms with E-state index in [1.165, 1.54) is 7.11 Å². The Bertz CT molecular complexity index is 1090. The molecule has 13 heteroatoms. The second kappa shape index (κ2) is 16.0. The molecule has 0 amide bonds. The minimum absolute atomic E-state index is 0.198. The summed E-state index contributed by atoms with van der Waals surface area (Å²) in [5, 5.41) is 33.3. The summed E-state index contributed by atoms with van der Waals surface area (Å²) in [4.78, 5) is 29.7. The molecule has 0 aliphatic carbocycles. The predicted molar refractivity (Wildman–Crippen MR) is 174 cm³/mol. The lowest BCUT2D eigenvalue weighted by atomic mass is 9.76. The van der Waals surface area contributed by atoms with Crippen LogP contribution >= 0.6 is 0 Å². The van der Waals surface area contributed by atoms with Gasteiger partial charge in [-0.2, -0.15) is 0 Å². The molecule has 4 aliphatic heterocycles. The Labute approximate surface area is 285 Å². The Hall–Kier alpha value is -1.26.